The van der Waals surface area contributed by atoms with E-state index in [1.165, 1.54) is 18.2 Å². The molecule has 1 aromatic carbocycles. The molecule has 7 nitrogen and oxygen atoms in total. The van der Waals surface area contributed by atoms with Crippen LogP contribution in [0.1, 0.15) is 40.0 Å². The molecule has 1 aliphatic heterocycles. The van der Waals surface area contributed by atoms with Crippen LogP contribution in [0.25, 0.3) is 16.7 Å². The van der Waals surface area contributed by atoms with Gasteiger partial charge in [-0.05, 0) is 36.8 Å². The third-order valence-electron chi connectivity index (χ3n) is 5.76. The Morgan fingerprint density at radius 2 is 1.90 bits per heavy atom. The Morgan fingerprint density at radius 3 is 2.63 bits per heavy atom. The number of thioether (sulfide) groups is 1. The Kier molecular flexibility index (Phi) is 6.13. The van der Waals surface area contributed by atoms with Crippen molar-refractivity contribution in [2.75, 3.05) is 18.8 Å². The zero-order valence-corrected chi connectivity index (χ0v) is 18.7. The number of amides is 1. The first kappa shape index (κ1) is 20.9. The lowest BCUT2D eigenvalue weighted by atomic mass is 9.92. The zero-order chi connectivity index (χ0) is 21.3. The molecule has 160 valence electrons. The summed E-state index contributed by atoms with van der Waals surface area (Å²) in [6.07, 6.45) is 3.06. The van der Waals surface area contributed by atoms with Crippen LogP contribution in [0, 0.1) is 11.8 Å². The first-order valence-corrected chi connectivity index (χ1v) is 11.7. The van der Waals surface area contributed by atoms with Crippen molar-refractivity contribution in [1.82, 2.24) is 24.1 Å². The summed E-state index contributed by atoms with van der Waals surface area (Å²) >= 11 is 1.40. The van der Waals surface area contributed by atoms with Gasteiger partial charge in [-0.15, -0.1) is 10.2 Å². The van der Waals surface area contributed by atoms with Crippen LogP contribution in [-0.4, -0.2) is 48.8 Å². The molecule has 2 aromatic heterocycles. The number of aryl methyl sites for hydroxylation is 1. The maximum atomic E-state index is 13.0. The molecule has 0 aliphatic carbocycles. The van der Waals surface area contributed by atoms with Gasteiger partial charge in [0.1, 0.15) is 0 Å². The SMILES string of the molecule is CCCCn1c(=O)c2ccccc2n2c(SCC(=O)N3C[C@H](C)C[C@H](C)C3)nnc12. The molecule has 0 saturated carbocycles. The minimum absolute atomic E-state index is 0.0390. The van der Waals surface area contributed by atoms with Crippen LogP contribution in [0.15, 0.2) is 34.2 Å². The number of piperidine rings is 1. The average Bonchev–Trinajstić information content (AvgIpc) is 3.15. The van der Waals surface area contributed by atoms with Gasteiger partial charge in [-0.2, -0.15) is 0 Å². The fourth-order valence-electron chi connectivity index (χ4n) is 4.43. The molecule has 8 heteroatoms. The molecule has 0 N–H and O–H groups in total. The van der Waals surface area contributed by atoms with Gasteiger partial charge in [-0.3, -0.25) is 18.6 Å². The normalized spacial score (nSPS) is 19.6. The van der Waals surface area contributed by atoms with Crippen molar-refractivity contribution < 1.29 is 4.79 Å². The van der Waals surface area contributed by atoms with E-state index in [1.54, 1.807) is 4.57 Å². The number of unbranched alkanes of at least 4 members (excludes halogenated alkanes) is 1. The number of fused-ring (bicyclic) bond motifs is 3. The van der Waals surface area contributed by atoms with Gasteiger partial charge in [0, 0.05) is 19.6 Å². The summed E-state index contributed by atoms with van der Waals surface area (Å²) in [5.41, 5.74) is 0.744. The molecule has 4 rings (SSSR count). The Labute approximate surface area is 180 Å². The Balaban J connectivity index is 1.66. The first-order valence-electron chi connectivity index (χ1n) is 10.8. The minimum Gasteiger partial charge on any atom is -0.341 e. The van der Waals surface area contributed by atoms with Crippen LogP contribution < -0.4 is 5.56 Å². The van der Waals surface area contributed by atoms with Crippen LogP contribution >= 0.6 is 11.8 Å². The van der Waals surface area contributed by atoms with Gasteiger partial charge in [0.25, 0.3) is 5.56 Å². The van der Waals surface area contributed by atoms with E-state index in [4.69, 9.17) is 0 Å². The van der Waals surface area contributed by atoms with Crippen molar-refractivity contribution >= 4 is 34.3 Å². The summed E-state index contributed by atoms with van der Waals surface area (Å²) in [4.78, 5) is 27.8. The van der Waals surface area contributed by atoms with Crippen molar-refractivity contribution in [1.29, 1.82) is 0 Å². The van der Waals surface area contributed by atoms with Gasteiger partial charge in [-0.25, -0.2) is 0 Å². The summed E-state index contributed by atoms with van der Waals surface area (Å²) in [6.45, 7) is 8.76. The third-order valence-corrected chi connectivity index (χ3v) is 6.67. The van der Waals surface area contributed by atoms with Gasteiger partial charge in [0.05, 0.1) is 16.7 Å². The monoisotopic (exact) mass is 427 g/mol. The third kappa shape index (κ3) is 3.97. The van der Waals surface area contributed by atoms with Crippen LogP contribution in [0.3, 0.4) is 0 Å². The quantitative estimate of drug-likeness (QED) is 0.564. The van der Waals surface area contributed by atoms with Crippen molar-refractivity contribution in [2.24, 2.45) is 11.8 Å². The highest BCUT2D eigenvalue weighted by atomic mass is 32.2. The molecule has 0 spiro atoms. The molecule has 1 saturated heterocycles. The number of nitrogens with zero attached hydrogens (tertiary/aromatic N) is 5. The largest absolute Gasteiger partial charge is 0.341 e. The van der Waals surface area contributed by atoms with Gasteiger partial charge in [-0.1, -0.05) is 51.1 Å². The summed E-state index contributed by atoms with van der Waals surface area (Å²) in [5, 5.41) is 9.97. The standard InChI is InChI=1S/C22H29N5O2S/c1-4-5-10-26-20(29)17-8-6-7-9-18(17)27-21(26)23-24-22(27)30-14-19(28)25-12-15(2)11-16(3)13-25/h6-9,15-16H,4-5,10-14H2,1-3H3/t15-,16+. The second-order valence-electron chi connectivity index (χ2n) is 8.48. The fraction of sp³-hybridized carbons (Fsp3) is 0.545. The number of hydrogen-bond acceptors (Lipinski definition) is 5. The van der Waals surface area contributed by atoms with Crippen molar-refractivity contribution in [2.45, 2.75) is 51.7 Å². The lowest BCUT2D eigenvalue weighted by molar-refractivity contribution is -0.130. The number of likely N-dealkylation sites (tertiary alicyclic amines) is 1. The summed E-state index contributed by atoms with van der Waals surface area (Å²) in [6, 6.07) is 7.54. The van der Waals surface area contributed by atoms with Crippen molar-refractivity contribution in [3.8, 4) is 0 Å². The Hall–Kier alpha value is -2.35. The van der Waals surface area contributed by atoms with E-state index in [0.29, 0.717) is 40.5 Å². The Bertz CT molecular complexity index is 1110. The molecular formula is C22H29N5O2S. The predicted octanol–water partition coefficient (Wildman–Crippen LogP) is 3.44. The van der Waals surface area contributed by atoms with Gasteiger partial charge < -0.3 is 4.90 Å². The number of rotatable bonds is 6. The molecule has 1 fully saturated rings. The topological polar surface area (TPSA) is 72.5 Å². The smallest absolute Gasteiger partial charge is 0.262 e. The molecule has 3 aromatic rings. The maximum Gasteiger partial charge on any atom is 0.262 e. The molecule has 1 amide bonds. The van der Waals surface area contributed by atoms with Crippen molar-refractivity contribution in [3.63, 3.8) is 0 Å². The summed E-state index contributed by atoms with van der Waals surface area (Å²) < 4.78 is 3.63. The van der Waals surface area contributed by atoms with Gasteiger partial charge in [0.2, 0.25) is 11.7 Å². The molecule has 0 radical (unpaired) electrons. The highest BCUT2D eigenvalue weighted by molar-refractivity contribution is 7.99. The first-order chi connectivity index (χ1) is 14.5. The number of benzene rings is 1. The molecular weight excluding hydrogens is 398 g/mol. The predicted molar refractivity (Wildman–Crippen MR) is 120 cm³/mol. The number of carbonyl (C=O) groups is 1. The summed E-state index contributed by atoms with van der Waals surface area (Å²) in [5.74, 6) is 2.08. The molecule has 30 heavy (non-hydrogen) atoms. The Morgan fingerprint density at radius 1 is 1.17 bits per heavy atom. The highest BCUT2D eigenvalue weighted by Gasteiger charge is 2.26. The molecule has 2 atom stereocenters. The fourth-order valence-corrected chi connectivity index (χ4v) is 5.27. The number of para-hydroxylation sites is 1. The van der Waals surface area contributed by atoms with E-state index >= 15 is 0 Å². The lowest BCUT2D eigenvalue weighted by Gasteiger charge is -2.34. The van der Waals surface area contributed by atoms with E-state index in [0.717, 1.165) is 31.4 Å². The summed E-state index contributed by atoms with van der Waals surface area (Å²) in [7, 11) is 0. The van der Waals surface area contributed by atoms with E-state index < -0.39 is 0 Å². The zero-order valence-electron chi connectivity index (χ0n) is 17.9. The second-order valence-corrected chi connectivity index (χ2v) is 9.42. The lowest BCUT2D eigenvalue weighted by Crippen LogP contribution is -2.43. The maximum absolute atomic E-state index is 13.0. The average molecular weight is 428 g/mol. The van der Waals surface area contributed by atoms with Crippen LogP contribution in [-0.2, 0) is 11.3 Å². The van der Waals surface area contributed by atoms with E-state index in [2.05, 4.69) is 31.0 Å². The molecule has 3 heterocycles. The van der Waals surface area contributed by atoms with Gasteiger partial charge in [0.15, 0.2) is 5.16 Å². The highest BCUT2D eigenvalue weighted by Crippen LogP contribution is 2.25. The van der Waals surface area contributed by atoms with E-state index in [-0.39, 0.29) is 11.5 Å². The molecule has 0 unspecified atom stereocenters. The van der Waals surface area contributed by atoms with E-state index in [1.807, 2.05) is 33.6 Å². The second kappa shape index (κ2) is 8.79. The minimum atomic E-state index is -0.0390. The number of hydrogen-bond donors (Lipinski definition) is 0. The molecule has 0 bridgehead atoms. The number of carbonyl (C=O) groups excluding carboxylic acids is 1. The van der Waals surface area contributed by atoms with Gasteiger partial charge >= 0.3 is 0 Å². The van der Waals surface area contributed by atoms with Crippen LogP contribution in [0.4, 0.5) is 0 Å². The number of aromatic nitrogens is 4. The van der Waals surface area contributed by atoms with E-state index in [9.17, 15) is 9.59 Å². The van der Waals surface area contributed by atoms with Crippen LogP contribution in [0.5, 0.6) is 0 Å². The van der Waals surface area contributed by atoms with Crippen molar-refractivity contribution in [3.05, 3.63) is 34.6 Å². The van der Waals surface area contributed by atoms with Crippen LogP contribution in [0.2, 0.25) is 0 Å². The molecule has 1 aliphatic rings.